The maximum atomic E-state index is 9.60. The molecule has 0 aliphatic rings. The lowest BCUT2D eigenvalue weighted by atomic mass is 9.90. The summed E-state index contributed by atoms with van der Waals surface area (Å²) in [7, 11) is 3.58. The van der Waals surface area contributed by atoms with E-state index in [0.717, 1.165) is 33.5 Å². The number of hydrogen-bond acceptors (Lipinski definition) is 3. The van der Waals surface area contributed by atoms with Crippen LogP contribution < -0.4 is 10.1 Å². The van der Waals surface area contributed by atoms with E-state index in [1.165, 1.54) is 5.56 Å². The fourth-order valence-corrected chi connectivity index (χ4v) is 2.88. The number of halogens is 1. The Hall–Kier alpha value is -0.580. The van der Waals surface area contributed by atoms with Crippen LogP contribution in [0.15, 0.2) is 4.47 Å². The van der Waals surface area contributed by atoms with Crippen LogP contribution in [0.25, 0.3) is 0 Å². The first-order chi connectivity index (χ1) is 8.49. The van der Waals surface area contributed by atoms with Gasteiger partial charge in [0.2, 0.25) is 0 Å². The zero-order valence-corrected chi connectivity index (χ0v) is 13.3. The lowest BCUT2D eigenvalue weighted by Crippen LogP contribution is -2.22. The van der Waals surface area contributed by atoms with Gasteiger partial charge in [-0.2, -0.15) is 0 Å². The van der Waals surface area contributed by atoms with Crippen LogP contribution in [0.4, 0.5) is 0 Å². The first-order valence-electron chi connectivity index (χ1n) is 6.08. The minimum absolute atomic E-state index is 0.0422. The summed E-state index contributed by atoms with van der Waals surface area (Å²) in [4.78, 5) is 0. The van der Waals surface area contributed by atoms with E-state index in [1.807, 2.05) is 7.05 Å². The van der Waals surface area contributed by atoms with E-state index in [1.54, 1.807) is 7.11 Å². The summed E-state index contributed by atoms with van der Waals surface area (Å²) in [6.07, 6.45) is 0. The number of nitrogens with one attached hydrogen (secondary N) is 1. The van der Waals surface area contributed by atoms with Gasteiger partial charge in [-0.15, -0.1) is 0 Å². The normalized spacial score (nSPS) is 12.6. The average molecular weight is 316 g/mol. The lowest BCUT2D eigenvalue weighted by Gasteiger charge is -2.24. The molecule has 1 atom stereocenters. The molecule has 102 valence electrons. The zero-order valence-electron chi connectivity index (χ0n) is 11.7. The highest BCUT2D eigenvalue weighted by Gasteiger charge is 2.22. The van der Waals surface area contributed by atoms with Gasteiger partial charge in [0, 0.05) is 22.5 Å². The van der Waals surface area contributed by atoms with Crippen molar-refractivity contribution in [1.29, 1.82) is 0 Å². The van der Waals surface area contributed by atoms with Crippen molar-refractivity contribution in [3.05, 3.63) is 26.7 Å². The van der Waals surface area contributed by atoms with Crippen molar-refractivity contribution in [3.63, 3.8) is 0 Å². The van der Waals surface area contributed by atoms with E-state index >= 15 is 0 Å². The number of aliphatic hydroxyl groups excluding tert-OH is 1. The first kappa shape index (κ1) is 15.5. The maximum Gasteiger partial charge on any atom is 0.125 e. The summed E-state index contributed by atoms with van der Waals surface area (Å²) in [6, 6.07) is 0. The SMILES string of the molecule is CNCC(CO)c1c(C)c(Br)c(C)c(C)c1OC. The second-order valence-corrected chi connectivity index (χ2v) is 5.37. The van der Waals surface area contributed by atoms with E-state index in [0.29, 0.717) is 0 Å². The van der Waals surface area contributed by atoms with Crippen molar-refractivity contribution in [3.8, 4) is 5.75 Å². The summed E-state index contributed by atoms with van der Waals surface area (Å²) in [6.45, 7) is 7.02. The van der Waals surface area contributed by atoms with Crippen LogP contribution in [0.3, 0.4) is 0 Å². The quantitative estimate of drug-likeness (QED) is 0.877. The van der Waals surface area contributed by atoms with Crippen molar-refractivity contribution in [2.24, 2.45) is 0 Å². The molecule has 0 bridgehead atoms. The molecule has 0 fully saturated rings. The summed E-state index contributed by atoms with van der Waals surface area (Å²) in [5.74, 6) is 0.933. The summed E-state index contributed by atoms with van der Waals surface area (Å²) in [5.41, 5.74) is 4.54. The molecule has 0 radical (unpaired) electrons. The van der Waals surface area contributed by atoms with Crippen LogP contribution in [0.5, 0.6) is 5.75 Å². The van der Waals surface area contributed by atoms with Gasteiger partial charge in [0.05, 0.1) is 13.7 Å². The Morgan fingerprint density at radius 2 is 1.83 bits per heavy atom. The Labute approximate surface area is 118 Å². The third-order valence-electron chi connectivity index (χ3n) is 3.49. The Kier molecular flexibility index (Phi) is 5.63. The third-order valence-corrected chi connectivity index (χ3v) is 4.68. The van der Waals surface area contributed by atoms with Gasteiger partial charge in [-0.25, -0.2) is 0 Å². The summed E-state index contributed by atoms with van der Waals surface area (Å²) < 4.78 is 6.66. The van der Waals surface area contributed by atoms with Crippen molar-refractivity contribution < 1.29 is 9.84 Å². The first-order valence-corrected chi connectivity index (χ1v) is 6.87. The predicted octanol–water partition coefficient (Wildman–Crippen LogP) is 2.68. The van der Waals surface area contributed by atoms with Gasteiger partial charge in [-0.1, -0.05) is 15.9 Å². The average Bonchev–Trinajstić information content (AvgIpc) is 2.38. The van der Waals surface area contributed by atoms with Gasteiger partial charge in [0.1, 0.15) is 5.75 Å². The molecular formula is C14H22BrNO2. The van der Waals surface area contributed by atoms with Gasteiger partial charge in [-0.3, -0.25) is 0 Å². The molecular weight excluding hydrogens is 294 g/mol. The Balaban J connectivity index is 3.49. The molecule has 0 saturated heterocycles. The van der Waals surface area contributed by atoms with E-state index < -0.39 is 0 Å². The van der Waals surface area contributed by atoms with Crippen molar-refractivity contribution in [2.75, 3.05) is 27.3 Å². The summed E-state index contributed by atoms with van der Waals surface area (Å²) in [5, 5.41) is 12.7. The molecule has 1 aromatic carbocycles. The molecule has 0 heterocycles. The molecule has 3 nitrogen and oxygen atoms in total. The standard InChI is InChI=1S/C14H22BrNO2/c1-8-9(2)14(18-5)12(10(3)13(8)15)11(7-17)6-16-4/h11,16-17H,6-7H2,1-5H3. The van der Waals surface area contributed by atoms with Crippen molar-refractivity contribution in [1.82, 2.24) is 5.32 Å². The number of benzene rings is 1. The molecule has 1 unspecified atom stereocenters. The van der Waals surface area contributed by atoms with Crippen molar-refractivity contribution >= 4 is 15.9 Å². The van der Waals surface area contributed by atoms with E-state index in [4.69, 9.17) is 4.74 Å². The fraction of sp³-hybridized carbons (Fsp3) is 0.571. The van der Waals surface area contributed by atoms with Crippen LogP contribution in [-0.4, -0.2) is 32.4 Å². The number of aliphatic hydroxyl groups is 1. The van der Waals surface area contributed by atoms with Crippen LogP contribution in [0.2, 0.25) is 0 Å². The zero-order chi connectivity index (χ0) is 13.9. The van der Waals surface area contributed by atoms with E-state index in [9.17, 15) is 5.11 Å². The molecule has 18 heavy (non-hydrogen) atoms. The molecule has 0 aliphatic carbocycles. The topological polar surface area (TPSA) is 41.5 Å². The number of methoxy groups -OCH3 is 1. The Morgan fingerprint density at radius 3 is 2.28 bits per heavy atom. The number of likely N-dealkylation sites (N-methyl/N-ethyl adjacent to an activating group) is 1. The van der Waals surface area contributed by atoms with Gasteiger partial charge in [0.25, 0.3) is 0 Å². The van der Waals surface area contributed by atoms with Gasteiger partial charge >= 0.3 is 0 Å². The minimum atomic E-state index is 0.0422. The largest absolute Gasteiger partial charge is 0.496 e. The Morgan fingerprint density at radius 1 is 1.22 bits per heavy atom. The second kappa shape index (κ2) is 6.55. The van der Waals surface area contributed by atoms with Gasteiger partial charge in [0.15, 0.2) is 0 Å². The van der Waals surface area contributed by atoms with Gasteiger partial charge < -0.3 is 15.2 Å². The highest BCUT2D eigenvalue weighted by Crippen LogP contribution is 2.39. The van der Waals surface area contributed by atoms with Gasteiger partial charge in [-0.05, 0) is 44.5 Å². The monoisotopic (exact) mass is 315 g/mol. The highest BCUT2D eigenvalue weighted by atomic mass is 79.9. The van der Waals surface area contributed by atoms with E-state index in [-0.39, 0.29) is 12.5 Å². The number of rotatable bonds is 5. The molecule has 0 amide bonds. The van der Waals surface area contributed by atoms with Crippen LogP contribution >= 0.6 is 15.9 Å². The Bertz CT molecular complexity index is 433. The highest BCUT2D eigenvalue weighted by molar-refractivity contribution is 9.10. The molecule has 4 heteroatoms. The molecule has 1 aromatic rings. The lowest BCUT2D eigenvalue weighted by molar-refractivity contribution is 0.259. The molecule has 1 rings (SSSR count). The molecule has 0 aromatic heterocycles. The second-order valence-electron chi connectivity index (χ2n) is 4.57. The van der Waals surface area contributed by atoms with Crippen molar-refractivity contribution in [2.45, 2.75) is 26.7 Å². The van der Waals surface area contributed by atoms with E-state index in [2.05, 4.69) is 42.0 Å². The molecule has 0 spiro atoms. The smallest absolute Gasteiger partial charge is 0.125 e. The van der Waals surface area contributed by atoms with Crippen LogP contribution in [0, 0.1) is 20.8 Å². The summed E-state index contributed by atoms with van der Waals surface area (Å²) >= 11 is 3.64. The molecule has 0 aliphatic heterocycles. The van der Waals surface area contributed by atoms with Crippen LogP contribution in [0.1, 0.15) is 28.2 Å². The number of ether oxygens (including phenoxy) is 1. The number of hydrogen-bond donors (Lipinski definition) is 2. The third kappa shape index (κ3) is 2.71. The van der Waals surface area contributed by atoms with Crippen LogP contribution in [-0.2, 0) is 0 Å². The molecule has 2 N–H and O–H groups in total. The predicted molar refractivity (Wildman–Crippen MR) is 78.7 cm³/mol. The molecule has 0 saturated carbocycles. The minimum Gasteiger partial charge on any atom is -0.496 e. The maximum absolute atomic E-state index is 9.60. The fourth-order valence-electron chi connectivity index (χ4n) is 2.37.